The summed E-state index contributed by atoms with van der Waals surface area (Å²) in [5.74, 6) is -0.496. The molecule has 4 heteroatoms. The number of nitrogens with one attached hydrogen (secondary N) is 1. The Morgan fingerprint density at radius 2 is 2.21 bits per heavy atom. The summed E-state index contributed by atoms with van der Waals surface area (Å²) >= 11 is 0. The number of ether oxygens (including phenoxy) is 1. The lowest BCUT2D eigenvalue weighted by atomic mass is 10.1. The second-order valence-electron chi connectivity index (χ2n) is 4.69. The lowest BCUT2D eigenvalue weighted by molar-refractivity contribution is -0.142. The van der Waals surface area contributed by atoms with E-state index in [1.807, 2.05) is 19.9 Å². The van der Waals surface area contributed by atoms with E-state index >= 15 is 0 Å². The van der Waals surface area contributed by atoms with Crippen molar-refractivity contribution in [3.63, 3.8) is 0 Å². The molecule has 1 aromatic carbocycles. The zero-order chi connectivity index (χ0) is 14.3. The van der Waals surface area contributed by atoms with Gasteiger partial charge >= 0.3 is 5.97 Å². The molecular weight excluding hydrogens is 245 g/mol. The highest BCUT2D eigenvalue weighted by Crippen LogP contribution is 2.15. The van der Waals surface area contributed by atoms with Gasteiger partial charge in [0, 0.05) is 6.04 Å². The van der Waals surface area contributed by atoms with Crippen LogP contribution in [0, 0.1) is 12.7 Å². The van der Waals surface area contributed by atoms with Gasteiger partial charge in [-0.05, 0) is 37.5 Å². The molecule has 0 aliphatic heterocycles. The van der Waals surface area contributed by atoms with Crippen molar-refractivity contribution in [2.75, 3.05) is 13.2 Å². The third-order valence-corrected chi connectivity index (χ3v) is 3.01. The Kier molecular flexibility index (Phi) is 6.50. The van der Waals surface area contributed by atoms with Crippen molar-refractivity contribution in [1.82, 2.24) is 5.32 Å². The molecule has 0 spiro atoms. The number of carbonyl (C=O) groups excluding carboxylic acids is 1. The number of esters is 1. The highest BCUT2D eigenvalue weighted by atomic mass is 19.1. The smallest absolute Gasteiger partial charge is 0.319 e. The largest absolute Gasteiger partial charge is 0.465 e. The van der Waals surface area contributed by atoms with E-state index < -0.39 is 0 Å². The molecule has 1 rings (SSSR count). The number of unbranched alkanes of at least 4 members (excludes halogenated alkanes) is 1. The predicted octanol–water partition coefficient (Wildman–Crippen LogP) is 3.13. The van der Waals surface area contributed by atoms with Gasteiger partial charge in [-0.3, -0.25) is 4.79 Å². The van der Waals surface area contributed by atoms with Crippen molar-refractivity contribution >= 4 is 5.97 Å². The Bertz CT molecular complexity index is 421. The summed E-state index contributed by atoms with van der Waals surface area (Å²) in [4.78, 5) is 11.4. The van der Waals surface area contributed by atoms with Crippen LogP contribution in [0.5, 0.6) is 0 Å². The van der Waals surface area contributed by atoms with Gasteiger partial charge in [-0.15, -0.1) is 0 Å². The molecule has 1 unspecified atom stereocenters. The molecule has 3 nitrogen and oxygen atoms in total. The van der Waals surface area contributed by atoms with Crippen molar-refractivity contribution in [3.8, 4) is 0 Å². The molecule has 0 fully saturated rings. The van der Waals surface area contributed by atoms with Crippen LogP contribution in [0.3, 0.4) is 0 Å². The maximum absolute atomic E-state index is 13.4. The molecule has 0 aromatic heterocycles. The van der Waals surface area contributed by atoms with Crippen molar-refractivity contribution < 1.29 is 13.9 Å². The van der Waals surface area contributed by atoms with E-state index in [0.717, 1.165) is 18.4 Å². The molecule has 0 radical (unpaired) electrons. The normalized spacial score (nSPS) is 12.2. The zero-order valence-electron chi connectivity index (χ0n) is 11.8. The number of rotatable bonds is 7. The van der Waals surface area contributed by atoms with Gasteiger partial charge in [-0.25, -0.2) is 4.39 Å². The molecule has 0 aliphatic rings. The van der Waals surface area contributed by atoms with Crippen LogP contribution in [0.25, 0.3) is 0 Å². The molecule has 19 heavy (non-hydrogen) atoms. The molecule has 0 amide bonds. The van der Waals surface area contributed by atoms with Crippen LogP contribution >= 0.6 is 0 Å². The summed E-state index contributed by atoms with van der Waals surface area (Å²) in [6, 6.07) is 5.00. The first kappa shape index (κ1) is 15.6. The Balaban J connectivity index is 2.40. The van der Waals surface area contributed by atoms with Crippen LogP contribution < -0.4 is 5.32 Å². The summed E-state index contributed by atoms with van der Waals surface area (Å²) in [6.07, 6.45) is 1.88. The second-order valence-corrected chi connectivity index (χ2v) is 4.69. The Morgan fingerprint density at radius 1 is 1.47 bits per heavy atom. The Labute approximate surface area is 114 Å². The molecule has 0 saturated carbocycles. The Hall–Kier alpha value is -1.42. The topological polar surface area (TPSA) is 38.3 Å². The van der Waals surface area contributed by atoms with E-state index in [9.17, 15) is 9.18 Å². The van der Waals surface area contributed by atoms with Gasteiger partial charge in [-0.1, -0.05) is 25.5 Å². The van der Waals surface area contributed by atoms with E-state index in [-0.39, 0.29) is 24.4 Å². The van der Waals surface area contributed by atoms with Crippen LogP contribution in [-0.4, -0.2) is 19.1 Å². The number of hydrogen-bond donors (Lipinski definition) is 1. The van der Waals surface area contributed by atoms with Crippen LogP contribution in [0.1, 0.15) is 43.9 Å². The molecule has 1 aromatic rings. The van der Waals surface area contributed by atoms with Crippen LogP contribution in [-0.2, 0) is 9.53 Å². The quantitative estimate of drug-likeness (QED) is 0.609. The average molecular weight is 267 g/mol. The minimum atomic E-state index is -0.270. The van der Waals surface area contributed by atoms with Crippen molar-refractivity contribution in [2.24, 2.45) is 0 Å². The second kappa shape index (κ2) is 7.89. The number of halogens is 1. The molecular formula is C15H22FNO2. The number of benzene rings is 1. The molecule has 1 atom stereocenters. The van der Waals surface area contributed by atoms with Crippen molar-refractivity contribution in [2.45, 2.75) is 39.7 Å². The monoisotopic (exact) mass is 267 g/mol. The summed E-state index contributed by atoms with van der Waals surface area (Å²) < 4.78 is 18.5. The SMILES string of the molecule is CCCCOC(=O)CNC(C)c1ccc(C)c(F)c1. The average Bonchev–Trinajstić information content (AvgIpc) is 2.39. The van der Waals surface area contributed by atoms with E-state index in [1.54, 1.807) is 13.0 Å². The van der Waals surface area contributed by atoms with E-state index in [2.05, 4.69) is 5.32 Å². The summed E-state index contributed by atoms with van der Waals surface area (Å²) in [7, 11) is 0. The lowest BCUT2D eigenvalue weighted by Gasteiger charge is -2.14. The lowest BCUT2D eigenvalue weighted by Crippen LogP contribution is -2.27. The summed E-state index contributed by atoms with van der Waals surface area (Å²) in [6.45, 7) is 6.26. The third-order valence-electron chi connectivity index (χ3n) is 3.01. The molecule has 0 bridgehead atoms. The zero-order valence-corrected chi connectivity index (χ0v) is 11.8. The van der Waals surface area contributed by atoms with Gasteiger partial charge in [0.1, 0.15) is 5.82 Å². The summed E-state index contributed by atoms with van der Waals surface area (Å²) in [5.41, 5.74) is 1.44. The fourth-order valence-corrected chi connectivity index (χ4v) is 1.61. The van der Waals surface area contributed by atoms with E-state index in [1.165, 1.54) is 6.07 Å². The molecule has 106 valence electrons. The van der Waals surface area contributed by atoms with Gasteiger partial charge in [0.2, 0.25) is 0 Å². The third kappa shape index (κ3) is 5.39. The van der Waals surface area contributed by atoms with E-state index in [4.69, 9.17) is 4.74 Å². The van der Waals surface area contributed by atoms with Gasteiger partial charge < -0.3 is 10.1 Å². The first-order valence-electron chi connectivity index (χ1n) is 6.69. The minimum Gasteiger partial charge on any atom is -0.465 e. The van der Waals surface area contributed by atoms with Crippen LogP contribution in [0.15, 0.2) is 18.2 Å². The first-order valence-corrected chi connectivity index (χ1v) is 6.69. The van der Waals surface area contributed by atoms with E-state index in [0.29, 0.717) is 12.2 Å². The predicted molar refractivity (Wildman–Crippen MR) is 73.4 cm³/mol. The molecule has 0 aliphatic carbocycles. The highest BCUT2D eigenvalue weighted by Gasteiger charge is 2.10. The maximum Gasteiger partial charge on any atom is 0.319 e. The van der Waals surface area contributed by atoms with Gasteiger partial charge in [0.05, 0.1) is 13.2 Å². The van der Waals surface area contributed by atoms with Gasteiger partial charge in [-0.2, -0.15) is 0 Å². The highest BCUT2D eigenvalue weighted by molar-refractivity contribution is 5.71. The first-order chi connectivity index (χ1) is 9.04. The fourth-order valence-electron chi connectivity index (χ4n) is 1.61. The van der Waals surface area contributed by atoms with Crippen LogP contribution in [0.2, 0.25) is 0 Å². The summed E-state index contributed by atoms with van der Waals surface area (Å²) in [5, 5.41) is 3.03. The fraction of sp³-hybridized carbons (Fsp3) is 0.533. The van der Waals surface area contributed by atoms with Gasteiger partial charge in [0.25, 0.3) is 0 Å². The molecule has 0 heterocycles. The van der Waals surface area contributed by atoms with Crippen molar-refractivity contribution in [1.29, 1.82) is 0 Å². The standard InChI is InChI=1S/C15H22FNO2/c1-4-5-8-19-15(18)10-17-12(3)13-7-6-11(2)14(16)9-13/h6-7,9,12,17H,4-5,8,10H2,1-3H3. The number of aryl methyl sites for hydroxylation is 1. The van der Waals surface area contributed by atoms with Crippen LogP contribution in [0.4, 0.5) is 4.39 Å². The van der Waals surface area contributed by atoms with Gasteiger partial charge in [0.15, 0.2) is 0 Å². The molecule has 1 N–H and O–H groups in total. The minimum absolute atomic E-state index is 0.0891. The number of carbonyl (C=O) groups is 1. The Morgan fingerprint density at radius 3 is 2.84 bits per heavy atom. The number of hydrogen-bond acceptors (Lipinski definition) is 3. The molecule has 0 saturated heterocycles. The van der Waals surface area contributed by atoms with Crippen molar-refractivity contribution in [3.05, 3.63) is 35.1 Å². The maximum atomic E-state index is 13.4.